The van der Waals surface area contributed by atoms with Crippen LogP contribution in [-0.4, -0.2) is 75.7 Å². The number of halogens is 2. The summed E-state index contributed by atoms with van der Waals surface area (Å²) in [6, 6.07) is 1.52. The zero-order chi connectivity index (χ0) is 28.4. The molecule has 1 aliphatic heterocycles. The second-order valence-electron chi connectivity index (χ2n) is 9.65. The normalized spacial score (nSPS) is 17.3. The van der Waals surface area contributed by atoms with Crippen molar-refractivity contribution in [2.24, 2.45) is 5.73 Å². The molecule has 1 aromatic carbocycles. The predicted octanol–water partition coefficient (Wildman–Crippen LogP) is 2.64. The Labute approximate surface area is 217 Å². The van der Waals surface area contributed by atoms with Crippen molar-refractivity contribution in [2.75, 3.05) is 19.6 Å². The van der Waals surface area contributed by atoms with Crippen LogP contribution in [0.25, 0.3) is 11.5 Å². The fraction of sp³-hybridized carbons (Fsp3) is 0.458. The van der Waals surface area contributed by atoms with Gasteiger partial charge < -0.3 is 34.9 Å². The number of rotatable bonds is 7. The minimum Gasteiger partial charge on any atom is -0.504 e. The number of nitrogens with zero attached hydrogens (tertiary/aromatic N) is 3. The van der Waals surface area contributed by atoms with Crippen LogP contribution in [0.5, 0.6) is 11.5 Å². The molecular weight excluding hydrogens is 508 g/mol. The summed E-state index contributed by atoms with van der Waals surface area (Å²) in [6.45, 7) is 4.00. The van der Waals surface area contributed by atoms with Crippen LogP contribution in [0.1, 0.15) is 50.0 Å². The van der Waals surface area contributed by atoms with Gasteiger partial charge in [0.2, 0.25) is 11.8 Å². The SMILES string of the molecule is [CH2]N1CCN(C(=O)c2nc(-c3ccc(OC(F)F)c(O)c3)oc2[C@H](C)NC(=O)OC(C)(C)C)C(C(N)=O)C1. The van der Waals surface area contributed by atoms with E-state index in [1.54, 1.807) is 25.7 Å². The van der Waals surface area contributed by atoms with E-state index in [9.17, 15) is 28.3 Å². The van der Waals surface area contributed by atoms with Gasteiger partial charge in [0.25, 0.3) is 5.91 Å². The van der Waals surface area contributed by atoms with E-state index < -0.39 is 53.7 Å². The standard InChI is InChI=1S/C24H30F2N5O7/c1-12(28-23(35)38-24(2,3)4)18-17(21(34)31-9-8-30(5)11-14(31)19(27)33)29-20(37-18)13-6-7-16(15(32)10-13)36-22(25)26/h6-7,10,12,14,22,32H,5,8-9,11H2,1-4H3,(H2,27,33)(H,28,35)/t12-,14?/m0/s1. The molecule has 3 rings (SSSR count). The highest BCUT2D eigenvalue weighted by Gasteiger charge is 2.37. The van der Waals surface area contributed by atoms with Gasteiger partial charge in [0, 0.05) is 32.2 Å². The Hall–Kier alpha value is -3.94. The Kier molecular flexibility index (Phi) is 8.44. The van der Waals surface area contributed by atoms with Crippen molar-refractivity contribution in [3.63, 3.8) is 0 Å². The minimum atomic E-state index is -3.15. The van der Waals surface area contributed by atoms with Crippen molar-refractivity contribution >= 4 is 17.9 Å². The number of carbonyl (C=O) groups is 3. The summed E-state index contributed by atoms with van der Waals surface area (Å²) in [6.07, 6.45) is -0.784. The number of primary amides is 1. The molecule has 0 bridgehead atoms. The van der Waals surface area contributed by atoms with E-state index in [1.807, 2.05) is 0 Å². The average molecular weight is 539 g/mol. The number of nitrogens with one attached hydrogen (secondary N) is 1. The molecule has 38 heavy (non-hydrogen) atoms. The maximum Gasteiger partial charge on any atom is 0.408 e. The summed E-state index contributed by atoms with van der Waals surface area (Å²) in [5.41, 5.74) is 4.63. The molecule has 0 aliphatic carbocycles. The Morgan fingerprint density at radius 2 is 1.97 bits per heavy atom. The molecule has 2 atom stereocenters. The largest absolute Gasteiger partial charge is 0.504 e. The number of aromatic hydroxyl groups is 1. The van der Waals surface area contributed by atoms with Crippen LogP contribution in [0, 0.1) is 7.05 Å². The quantitative estimate of drug-likeness (QED) is 0.481. The highest BCUT2D eigenvalue weighted by molar-refractivity contribution is 5.97. The first-order valence-electron chi connectivity index (χ1n) is 11.6. The number of piperazine rings is 1. The fourth-order valence-corrected chi connectivity index (χ4v) is 3.76. The van der Waals surface area contributed by atoms with Crippen molar-refractivity contribution < 1.29 is 42.2 Å². The summed E-state index contributed by atoms with van der Waals surface area (Å²) in [7, 11) is 3.79. The Morgan fingerprint density at radius 1 is 1.29 bits per heavy atom. The van der Waals surface area contributed by atoms with E-state index in [0.717, 1.165) is 12.1 Å². The minimum absolute atomic E-state index is 0.0662. The van der Waals surface area contributed by atoms with E-state index in [2.05, 4.69) is 22.1 Å². The summed E-state index contributed by atoms with van der Waals surface area (Å²) < 4.78 is 40.5. The first-order valence-corrected chi connectivity index (χ1v) is 11.6. The molecule has 1 aromatic heterocycles. The number of alkyl carbamates (subject to hydrolysis) is 1. The lowest BCUT2D eigenvalue weighted by Crippen LogP contribution is -2.58. The number of aromatic nitrogens is 1. The topological polar surface area (TPSA) is 160 Å². The molecule has 14 heteroatoms. The van der Waals surface area contributed by atoms with Gasteiger partial charge in [0.15, 0.2) is 23.0 Å². The van der Waals surface area contributed by atoms with Gasteiger partial charge in [-0.1, -0.05) is 0 Å². The molecule has 2 aromatic rings. The van der Waals surface area contributed by atoms with Gasteiger partial charge in [-0.15, -0.1) is 0 Å². The molecule has 4 N–H and O–H groups in total. The summed E-state index contributed by atoms with van der Waals surface area (Å²) in [5, 5.41) is 12.7. The number of phenols is 1. The molecule has 1 saturated heterocycles. The average Bonchev–Trinajstić information content (AvgIpc) is 3.24. The Balaban J connectivity index is 2.01. The number of carbonyl (C=O) groups excluding carboxylic acids is 3. The van der Waals surface area contributed by atoms with Gasteiger partial charge in [-0.2, -0.15) is 8.78 Å². The number of oxazole rings is 1. The summed E-state index contributed by atoms with van der Waals surface area (Å²) >= 11 is 0. The molecule has 1 fully saturated rings. The first-order chi connectivity index (χ1) is 17.7. The van der Waals surface area contributed by atoms with Crippen LogP contribution in [0.3, 0.4) is 0 Å². The number of amides is 3. The molecule has 0 spiro atoms. The number of benzene rings is 1. The van der Waals surface area contributed by atoms with Crippen LogP contribution in [0.2, 0.25) is 0 Å². The van der Waals surface area contributed by atoms with Crippen LogP contribution in [0.4, 0.5) is 13.6 Å². The van der Waals surface area contributed by atoms with E-state index in [-0.39, 0.29) is 36.0 Å². The Bertz CT molecular complexity index is 1200. The number of ether oxygens (including phenoxy) is 2. The second-order valence-corrected chi connectivity index (χ2v) is 9.65. The number of phenolic OH excluding ortho intramolecular Hbond substituents is 1. The molecule has 0 saturated carbocycles. The predicted molar refractivity (Wildman–Crippen MR) is 129 cm³/mol. The van der Waals surface area contributed by atoms with E-state index in [0.29, 0.717) is 6.54 Å². The van der Waals surface area contributed by atoms with Gasteiger partial charge in [-0.05, 0) is 45.9 Å². The van der Waals surface area contributed by atoms with Gasteiger partial charge in [-0.25, -0.2) is 9.78 Å². The van der Waals surface area contributed by atoms with Crippen LogP contribution in [-0.2, 0) is 9.53 Å². The monoisotopic (exact) mass is 538 g/mol. The lowest BCUT2D eigenvalue weighted by atomic mass is 10.1. The maximum absolute atomic E-state index is 13.6. The van der Waals surface area contributed by atoms with Crippen molar-refractivity contribution in [3.05, 3.63) is 36.7 Å². The molecule has 207 valence electrons. The number of alkyl halides is 2. The Morgan fingerprint density at radius 3 is 2.55 bits per heavy atom. The van der Waals surface area contributed by atoms with Crippen molar-refractivity contribution in [3.8, 4) is 23.0 Å². The fourth-order valence-electron chi connectivity index (χ4n) is 3.76. The third-order valence-electron chi connectivity index (χ3n) is 5.46. The van der Waals surface area contributed by atoms with Crippen LogP contribution < -0.4 is 15.8 Å². The van der Waals surface area contributed by atoms with Crippen molar-refractivity contribution in [2.45, 2.75) is 52.0 Å². The first kappa shape index (κ1) is 28.6. The van der Waals surface area contributed by atoms with Crippen molar-refractivity contribution in [1.82, 2.24) is 20.1 Å². The van der Waals surface area contributed by atoms with Crippen LogP contribution >= 0.6 is 0 Å². The zero-order valence-electron chi connectivity index (χ0n) is 21.4. The highest BCUT2D eigenvalue weighted by Crippen LogP contribution is 2.34. The number of hydrogen-bond donors (Lipinski definition) is 3. The van der Waals surface area contributed by atoms with E-state index in [1.165, 1.54) is 17.9 Å². The molecule has 3 amide bonds. The number of nitrogens with two attached hydrogens (primary N) is 1. The van der Waals surface area contributed by atoms with Gasteiger partial charge >= 0.3 is 12.7 Å². The van der Waals surface area contributed by atoms with E-state index >= 15 is 0 Å². The molecule has 2 heterocycles. The molecular formula is C24H30F2N5O7. The number of hydrogen-bond acceptors (Lipinski definition) is 9. The zero-order valence-corrected chi connectivity index (χ0v) is 21.4. The van der Waals surface area contributed by atoms with Gasteiger partial charge in [-0.3, -0.25) is 14.5 Å². The third-order valence-corrected chi connectivity index (χ3v) is 5.46. The molecule has 1 unspecified atom stereocenters. The highest BCUT2D eigenvalue weighted by atomic mass is 19.3. The lowest BCUT2D eigenvalue weighted by molar-refractivity contribution is -0.124. The lowest BCUT2D eigenvalue weighted by Gasteiger charge is -2.37. The smallest absolute Gasteiger partial charge is 0.408 e. The van der Waals surface area contributed by atoms with Gasteiger partial charge in [0.1, 0.15) is 11.6 Å². The maximum atomic E-state index is 13.6. The molecule has 1 radical (unpaired) electrons. The van der Waals surface area contributed by atoms with E-state index in [4.69, 9.17) is 14.9 Å². The molecule has 1 aliphatic rings. The summed E-state index contributed by atoms with van der Waals surface area (Å²) in [5.74, 6) is -2.74. The molecule has 12 nitrogen and oxygen atoms in total. The third kappa shape index (κ3) is 6.88. The second kappa shape index (κ2) is 11.2. The van der Waals surface area contributed by atoms with Crippen LogP contribution in [0.15, 0.2) is 22.6 Å². The van der Waals surface area contributed by atoms with Crippen molar-refractivity contribution in [1.29, 1.82) is 0 Å². The summed E-state index contributed by atoms with van der Waals surface area (Å²) in [4.78, 5) is 45.2. The van der Waals surface area contributed by atoms with Gasteiger partial charge in [0.05, 0.1) is 6.04 Å².